The van der Waals surface area contributed by atoms with Crippen molar-refractivity contribution in [2.45, 2.75) is 33.7 Å². The SMILES string of the molecule is Cc1ccc(OCC(=O)N2CC(n3nc(C)nc3C)C2)c(C)c1. The number of rotatable bonds is 4. The molecule has 122 valence electrons. The van der Waals surface area contributed by atoms with E-state index in [1.165, 1.54) is 5.56 Å². The van der Waals surface area contributed by atoms with E-state index in [9.17, 15) is 4.79 Å². The molecule has 2 aromatic rings. The summed E-state index contributed by atoms with van der Waals surface area (Å²) >= 11 is 0. The van der Waals surface area contributed by atoms with E-state index in [4.69, 9.17) is 4.74 Å². The smallest absolute Gasteiger partial charge is 0.260 e. The predicted molar refractivity (Wildman–Crippen MR) is 86.5 cm³/mol. The zero-order valence-corrected chi connectivity index (χ0v) is 14.0. The van der Waals surface area contributed by atoms with Gasteiger partial charge in [-0.1, -0.05) is 17.7 Å². The first-order valence-electron chi connectivity index (χ1n) is 7.81. The second kappa shape index (κ2) is 6.02. The summed E-state index contributed by atoms with van der Waals surface area (Å²) in [6.45, 7) is 9.25. The molecule has 0 unspecified atom stereocenters. The van der Waals surface area contributed by atoms with Crippen molar-refractivity contribution in [1.82, 2.24) is 19.7 Å². The van der Waals surface area contributed by atoms with E-state index >= 15 is 0 Å². The van der Waals surface area contributed by atoms with E-state index in [0.717, 1.165) is 23.0 Å². The minimum Gasteiger partial charge on any atom is -0.484 e. The number of hydrogen-bond acceptors (Lipinski definition) is 4. The number of aryl methyl sites for hydroxylation is 4. The van der Waals surface area contributed by atoms with Crippen molar-refractivity contribution in [2.75, 3.05) is 19.7 Å². The Morgan fingerprint density at radius 2 is 2.00 bits per heavy atom. The van der Waals surface area contributed by atoms with E-state index < -0.39 is 0 Å². The summed E-state index contributed by atoms with van der Waals surface area (Å²) in [5.74, 6) is 2.44. The molecule has 6 heteroatoms. The van der Waals surface area contributed by atoms with Gasteiger partial charge in [0.05, 0.1) is 6.04 Å². The maximum Gasteiger partial charge on any atom is 0.260 e. The Hall–Kier alpha value is -2.37. The molecule has 0 bridgehead atoms. The van der Waals surface area contributed by atoms with Crippen LogP contribution in [0.25, 0.3) is 0 Å². The highest BCUT2D eigenvalue weighted by Crippen LogP contribution is 2.23. The number of hydrogen-bond donors (Lipinski definition) is 0. The summed E-state index contributed by atoms with van der Waals surface area (Å²) in [7, 11) is 0. The molecule has 0 spiro atoms. The molecule has 6 nitrogen and oxygen atoms in total. The summed E-state index contributed by atoms with van der Waals surface area (Å²) in [5.41, 5.74) is 2.23. The first-order chi connectivity index (χ1) is 10.9. The van der Waals surface area contributed by atoms with E-state index in [1.54, 1.807) is 4.90 Å². The minimum absolute atomic E-state index is 0.00992. The monoisotopic (exact) mass is 314 g/mol. The average Bonchev–Trinajstić information content (AvgIpc) is 2.75. The molecule has 0 aliphatic carbocycles. The number of amides is 1. The number of ether oxygens (including phenoxy) is 1. The number of carbonyl (C=O) groups excluding carboxylic acids is 1. The molecule has 2 heterocycles. The Balaban J connectivity index is 1.52. The highest BCUT2D eigenvalue weighted by molar-refractivity contribution is 5.78. The molecule has 1 saturated heterocycles. The molecule has 1 amide bonds. The van der Waals surface area contributed by atoms with Crippen molar-refractivity contribution < 1.29 is 9.53 Å². The van der Waals surface area contributed by atoms with Gasteiger partial charge in [-0.05, 0) is 39.3 Å². The van der Waals surface area contributed by atoms with Crippen molar-refractivity contribution in [3.63, 3.8) is 0 Å². The zero-order valence-electron chi connectivity index (χ0n) is 14.0. The Kier molecular flexibility index (Phi) is 4.07. The third-order valence-corrected chi connectivity index (χ3v) is 4.15. The van der Waals surface area contributed by atoms with Crippen LogP contribution in [0.5, 0.6) is 5.75 Å². The topological polar surface area (TPSA) is 60.2 Å². The second-order valence-electron chi connectivity index (χ2n) is 6.16. The van der Waals surface area contributed by atoms with Gasteiger partial charge in [0.1, 0.15) is 17.4 Å². The van der Waals surface area contributed by atoms with Crippen LogP contribution in [0.1, 0.15) is 28.8 Å². The van der Waals surface area contributed by atoms with Crippen LogP contribution in [0.4, 0.5) is 0 Å². The Morgan fingerprint density at radius 1 is 1.26 bits per heavy atom. The Labute approximate surface area is 136 Å². The molecule has 1 aliphatic heterocycles. The van der Waals surface area contributed by atoms with Crippen LogP contribution in [0, 0.1) is 27.7 Å². The third kappa shape index (κ3) is 3.21. The molecular weight excluding hydrogens is 292 g/mol. The summed E-state index contributed by atoms with van der Waals surface area (Å²) in [5, 5.41) is 4.38. The minimum atomic E-state index is 0.00992. The van der Waals surface area contributed by atoms with E-state index in [2.05, 4.69) is 16.1 Å². The van der Waals surface area contributed by atoms with Crippen molar-refractivity contribution in [2.24, 2.45) is 0 Å². The predicted octanol–water partition coefficient (Wildman–Crippen LogP) is 1.97. The van der Waals surface area contributed by atoms with Crippen LogP contribution in [-0.2, 0) is 4.79 Å². The molecule has 1 aliphatic rings. The van der Waals surface area contributed by atoms with Crippen LogP contribution in [0.2, 0.25) is 0 Å². The van der Waals surface area contributed by atoms with Crippen molar-refractivity contribution in [1.29, 1.82) is 0 Å². The fraction of sp³-hybridized carbons (Fsp3) is 0.471. The summed E-state index contributed by atoms with van der Waals surface area (Å²) in [4.78, 5) is 18.3. The first kappa shape index (κ1) is 15.5. The van der Waals surface area contributed by atoms with Gasteiger partial charge >= 0.3 is 0 Å². The fourth-order valence-electron chi connectivity index (χ4n) is 2.89. The van der Waals surface area contributed by atoms with Gasteiger partial charge in [0, 0.05) is 13.1 Å². The third-order valence-electron chi connectivity index (χ3n) is 4.15. The lowest BCUT2D eigenvalue weighted by molar-refractivity contribution is -0.139. The van der Waals surface area contributed by atoms with Crippen LogP contribution >= 0.6 is 0 Å². The van der Waals surface area contributed by atoms with Crippen LogP contribution < -0.4 is 4.74 Å². The Bertz CT molecular complexity index is 732. The second-order valence-corrected chi connectivity index (χ2v) is 6.16. The lowest BCUT2D eigenvalue weighted by Gasteiger charge is -2.39. The van der Waals surface area contributed by atoms with E-state index in [1.807, 2.05) is 44.5 Å². The quantitative estimate of drug-likeness (QED) is 0.866. The van der Waals surface area contributed by atoms with Crippen LogP contribution in [0.3, 0.4) is 0 Å². The molecule has 1 fully saturated rings. The van der Waals surface area contributed by atoms with E-state index in [0.29, 0.717) is 13.1 Å². The molecule has 1 aromatic heterocycles. The highest BCUT2D eigenvalue weighted by Gasteiger charge is 2.33. The van der Waals surface area contributed by atoms with Gasteiger partial charge in [0.25, 0.3) is 5.91 Å². The first-order valence-corrected chi connectivity index (χ1v) is 7.81. The number of benzene rings is 1. The van der Waals surface area contributed by atoms with Gasteiger partial charge in [0.2, 0.25) is 0 Å². The van der Waals surface area contributed by atoms with Crippen LogP contribution in [-0.4, -0.2) is 45.3 Å². The molecular formula is C17H22N4O2. The van der Waals surface area contributed by atoms with Gasteiger partial charge < -0.3 is 9.64 Å². The summed E-state index contributed by atoms with van der Waals surface area (Å²) in [6.07, 6.45) is 0. The molecule has 23 heavy (non-hydrogen) atoms. The molecule has 3 rings (SSSR count). The van der Waals surface area contributed by atoms with Gasteiger partial charge in [0.15, 0.2) is 6.61 Å². The standard InChI is InChI=1S/C17H22N4O2/c1-11-5-6-16(12(2)7-11)23-10-17(22)20-8-15(9-20)21-14(4)18-13(3)19-21/h5-7,15H,8-10H2,1-4H3. The largest absolute Gasteiger partial charge is 0.484 e. The Morgan fingerprint density at radius 3 is 2.61 bits per heavy atom. The van der Waals surface area contributed by atoms with Crippen molar-refractivity contribution >= 4 is 5.91 Å². The number of nitrogens with zero attached hydrogens (tertiary/aromatic N) is 4. The van der Waals surface area contributed by atoms with Gasteiger partial charge in [-0.15, -0.1) is 0 Å². The lowest BCUT2D eigenvalue weighted by Crippen LogP contribution is -2.52. The van der Waals surface area contributed by atoms with Gasteiger partial charge in [-0.2, -0.15) is 5.10 Å². The van der Waals surface area contributed by atoms with Crippen molar-refractivity contribution in [3.05, 3.63) is 41.0 Å². The van der Waals surface area contributed by atoms with E-state index in [-0.39, 0.29) is 18.6 Å². The maximum absolute atomic E-state index is 12.2. The number of aromatic nitrogens is 3. The zero-order chi connectivity index (χ0) is 16.6. The molecule has 0 N–H and O–H groups in total. The maximum atomic E-state index is 12.2. The molecule has 0 saturated carbocycles. The number of likely N-dealkylation sites (tertiary alicyclic amines) is 1. The average molecular weight is 314 g/mol. The molecule has 1 aromatic carbocycles. The summed E-state index contributed by atoms with van der Waals surface area (Å²) < 4.78 is 7.56. The highest BCUT2D eigenvalue weighted by atomic mass is 16.5. The summed E-state index contributed by atoms with van der Waals surface area (Å²) in [6, 6.07) is 6.18. The lowest BCUT2D eigenvalue weighted by atomic mass is 10.1. The molecule has 0 radical (unpaired) electrons. The fourth-order valence-corrected chi connectivity index (χ4v) is 2.89. The normalized spacial score (nSPS) is 14.7. The van der Waals surface area contributed by atoms with Gasteiger partial charge in [-0.25, -0.2) is 9.67 Å². The molecule has 0 atom stereocenters. The van der Waals surface area contributed by atoms with Gasteiger partial charge in [-0.3, -0.25) is 4.79 Å². The van der Waals surface area contributed by atoms with Crippen LogP contribution in [0.15, 0.2) is 18.2 Å². The number of carbonyl (C=O) groups is 1. The van der Waals surface area contributed by atoms with Crippen molar-refractivity contribution in [3.8, 4) is 5.75 Å².